The van der Waals surface area contributed by atoms with E-state index in [9.17, 15) is 14.7 Å². The van der Waals surface area contributed by atoms with E-state index >= 15 is 0 Å². The van der Waals surface area contributed by atoms with Gasteiger partial charge in [0.05, 0.1) is 33.5 Å². The van der Waals surface area contributed by atoms with Gasteiger partial charge in [0.15, 0.2) is 5.11 Å². The molecule has 10 heteroatoms. The molecule has 0 saturated carbocycles. The number of rotatable bonds is 8. The molecule has 0 bridgehead atoms. The first kappa shape index (κ1) is 21.3. The lowest BCUT2D eigenvalue weighted by molar-refractivity contribution is -0.145. The summed E-state index contributed by atoms with van der Waals surface area (Å²) < 4.78 is 9.28. The minimum Gasteiger partial charge on any atom is -0.507 e. The van der Waals surface area contributed by atoms with Gasteiger partial charge in [0, 0.05) is 17.7 Å². The van der Waals surface area contributed by atoms with Crippen molar-refractivity contribution in [3.8, 4) is 5.75 Å². The molecule has 0 saturated heterocycles. The Morgan fingerprint density at radius 2 is 1.88 bits per heavy atom. The van der Waals surface area contributed by atoms with Gasteiger partial charge in [-0.1, -0.05) is 6.07 Å². The van der Waals surface area contributed by atoms with Crippen molar-refractivity contribution in [2.45, 2.75) is 13.5 Å². The molecule has 0 fully saturated rings. The van der Waals surface area contributed by atoms with Crippen molar-refractivity contribution in [2.75, 3.05) is 27.3 Å². The van der Waals surface area contributed by atoms with E-state index in [1.54, 1.807) is 12.1 Å². The number of hydrogen-bond donors (Lipinski definition) is 3. The molecule has 0 radical (unpaired) electrons. The van der Waals surface area contributed by atoms with Crippen LogP contribution in [0, 0.1) is 6.92 Å². The van der Waals surface area contributed by atoms with Crippen LogP contribution in [0.3, 0.4) is 0 Å². The Labute approximate surface area is 156 Å². The zero-order chi connectivity index (χ0) is 19.7. The Morgan fingerprint density at radius 1 is 1.31 bits per heavy atom. The lowest BCUT2D eigenvalue weighted by Crippen LogP contribution is -2.35. The molecule has 26 heavy (non-hydrogen) atoms. The van der Waals surface area contributed by atoms with Gasteiger partial charge in [0.25, 0.3) is 0 Å². The van der Waals surface area contributed by atoms with Gasteiger partial charge in [-0.15, -0.1) is 0 Å². The normalized spacial score (nSPS) is 10.8. The number of nitrogens with one attached hydrogen (secondary N) is 1. The summed E-state index contributed by atoms with van der Waals surface area (Å²) in [6.45, 7) is 1.70. The quantitative estimate of drug-likeness (QED) is 0.247. The van der Waals surface area contributed by atoms with Gasteiger partial charge in [-0.05, 0) is 30.8 Å². The number of ether oxygens (including phenoxy) is 2. The lowest BCUT2D eigenvalue weighted by Gasteiger charge is -2.21. The SMILES string of the molecule is COC(=O)CN(CC(=O)OC)Cc1cc(C)cc(/C=N/NC(N)=S)c1O. The highest BCUT2D eigenvalue weighted by Gasteiger charge is 2.18. The van der Waals surface area contributed by atoms with Crippen LogP contribution >= 0.6 is 12.2 Å². The van der Waals surface area contributed by atoms with Crippen molar-refractivity contribution in [3.05, 3.63) is 28.8 Å². The zero-order valence-electron chi connectivity index (χ0n) is 14.8. The zero-order valence-corrected chi connectivity index (χ0v) is 15.6. The Bertz CT molecular complexity index is 690. The highest BCUT2D eigenvalue weighted by Crippen LogP contribution is 2.24. The molecule has 0 aliphatic carbocycles. The number of nitrogens with two attached hydrogens (primary N) is 1. The van der Waals surface area contributed by atoms with Crippen LogP contribution in [0.1, 0.15) is 16.7 Å². The van der Waals surface area contributed by atoms with Gasteiger partial charge in [0.1, 0.15) is 5.75 Å². The van der Waals surface area contributed by atoms with Crippen molar-refractivity contribution in [1.29, 1.82) is 0 Å². The van der Waals surface area contributed by atoms with E-state index in [0.29, 0.717) is 11.1 Å². The standard InChI is InChI=1S/C16H22N4O5S/c1-10-4-11(6-18-19-16(17)26)15(23)12(5-10)7-20(8-13(21)24-2)9-14(22)25-3/h4-6,23H,7-9H2,1-3H3,(H3,17,19,26)/b18-6+. The van der Waals surface area contributed by atoms with Gasteiger partial charge >= 0.3 is 11.9 Å². The number of aryl methyl sites for hydroxylation is 1. The molecule has 0 atom stereocenters. The number of phenolic OH excluding ortho intramolecular Hbond substituents is 1. The number of aromatic hydroxyl groups is 1. The molecule has 0 aromatic heterocycles. The molecule has 0 unspecified atom stereocenters. The minimum atomic E-state index is -0.511. The van der Waals surface area contributed by atoms with Crippen LogP contribution in [0.5, 0.6) is 5.75 Å². The lowest BCUT2D eigenvalue weighted by atomic mass is 10.0. The van der Waals surface area contributed by atoms with E-state index in [0.717, 1.165) is 5.56 Å². The number of carbonyl (C=O) groups is 2. The average molecular weight is 382 g/mol. The van der Waals surface area contributed by atoms with Gasteiger partial charge < -0.3 is 20.3 Å². The molecule has 142 valence electrons. The first-order valence-electron chi connectivity index (χ1n) is 7.53. The fourth-order valence-electron chi connectivity index (χ4n) is 2.17. The second-order valence-corrected chi connectivity index (χ2v) is 5.83. The van der Waals surface area contributed by atoms with E-state index in [4.69, 9.17) is 5.73 Å². The molecule has 4 N–H and O–H groups in total. The summed E-state index contributed by atoms with van der Waals surface area (Å²) in [5, 5.41) is 14.3. The fourth-order valence-corrected chi connectivity index (χ4v) is 2.22. The first-order valence-corrected chi connectivity index (χ1v) is 7.94. The van der Waals surface area contributed by atoms with Crippen molar-refractivity contribution < 1.29 is 24.2 Å². The van der Waals surface area contributed by atoms with Gasteiger partial charge in [-0.25, -0.2) is 0 Å². The molecule has 0 spiro atoms. The van der Waals surface area contributed by atoms with Crippen molar-refractivity contribution in [1.82, 2.24) is 10.3 Å². The summed E-state index contributed by atoms with van der Waals surface area (Å²) in [5.74, 6) is -1.06. The fraction of sp³-hybridized carbons (Fsp3) is 0.375. The van der Waals surface area contributed by atoms with E-state index < -0.39 is 11.9 Å². The van der Waals surface area contributed by atoms with E-state index in [1.165, 1.54) is 25.3 Å². The monoisotopic (exact) mass is 382 g/mol. The smallest absolute Gasteiger partial charge is 0.319 e. The summed E-state index contributed by atoms with van der Waals surface area (Å²) in [6, 6.07) is 3.46. The highest BCUT2D eigenvalue weighted by atomic mass is 32.1. The molecular formula is C16H22N4O5S. The van der Waals surface area contributed by atoms with Crippen LogP contribution in [0.4, 0.5) is 0 Å². The Kier molecular flexibility index (Phi) is 8.46. The maximum absolute atomic E-state index is 11.6. The summed E-state index contributed by atoms with van der Waals surface area (Å²) >= 11 is 4.65. The van der Waals surface area contributed by atoms with Crippen molar-refractivity contribution >= 4 is 35.5 Å². The predicted octanol–water partition coefficient (Wildman–Crippen LogP) is 0.0157. The molecule has 1 aromatic rings. The predicted molar refractivity (Wildman–Crippen MR) is 99.7 cm³/mol. The number of thiocarbonyl (C=S) groups is 1. The Balaban J connectivity index is 3.07. The van der Waals surface area contributed by atoms with E-state index in [-0.39, 0.29) is 30.5 Å². The third-order valence-electron chi connectivity index (χ3n) is 3.30. The number of nitrogens with zero attached hydrogens (tertiary/aromatic N) is 2. The maximum Gasteiger partial charge on any atom is 0.319 e. The molecule has 9 nitrogen and oxygen atoms in total. The number of benzene rings is 1. The van der Waals surface area contributed by atoms with Crippen molar-refractivity contribution in [2.24, 2.45) is 10.8 Å². The average Bonchev–Trinajstić information content (AvgIpc) is 2.57. The van der Waals surface area contributed by atoms with Gasteiger partial charge in [-0.3, -0.25) is 19.9 Å². The van der Waals surface area contributed by atoms with Crippen LogP contribution in [-0.2, 0) is 25.6 Å². The summed E-state index contributed by atoms with van der Waals surface area (Å²) in [7, 11) is 2.51. The number of phenols is 1. The van der Waals surface area contributed by atoms with Crippen LogP contribution in [-0.4, -0.2) is 60.6 Å². The molecule has 0 aliphatic heterocycles. The number of methoxy groups -OCH3 is 2. The molecule has 0 amide bonds. The number of esters is 2. The third kappa shape index (κ3) is 7.03. The van der Waals surface area contributed by atoms with Gasteiger partial charge in [0.2, 0.25) is 0 Å². The second-order valence-electron chi connectivity index (χ2n) is 5.39. The number of hydrogen-bond acceptors (Lipinski definition) is 8. The van der Waals surface area contributed by atoms with E-state index in [1.807, 2.05) is 6.92 Å². The molecule has 1 aromatic carbocycles. The Morgan fingerprint density at radius 3 is 2.38 bits per heavy atom. The van der Waals surface area contributed by atoms with Crippen LogP contribution in [0.2, 0.25) is 0 Å². The third-order valence-corrected chi connectivity index (χ3v) is 3.39. The highest BCUT2D eigenvalue weighted by molar-refractivity contribution is 7.80. The van der Waals surface area contributed by atoms with Gasteiger partial charge in [-0.2, -0.15) is 5.10 Å². The topological polar surface area (TPSA) is 126 Å². The Hall–Kier alpha value is -2.72. The first-order chi connectivity index (χ1) is 12.3. The van der Waals surface area contributed by atoms with E-state index in [2.05, 4.69) is 32.2 Å². The summed E-state index contributed by atoms with van der Waals surface area (Å²) in [5.41, 5.74) is 9.48. The molecule has 0 heterocycles. The van der Waals surface area contributed by atoms with Crippen LogP contribution in [0.15, 0.2) is 17.2 Å². The van der Waals surface area contributed by atoms with Crippen LogP contribution in [0.25, 0.3) is 0 Å². The van der Waals surface area contributed by atoms with Crippen molar-refractivity contribution in [3.63, 3.8) is 0 Å². The summed E-state index contributed by atoms with van der Waals surface area (Å²) in [4.78, 5) is 24.6. The second kappa shape index (κ2) is 10.3. The molecule has 0 aliphatic rings. The number of carbonyl (C=O) groups excluding carboxylic acids is 2. The maximum atomic E-state index is 11.6. The molecular weight excluding hydrogens is 360 g/mol. The minimum absolute atomic E-state index is 0.00375. The largest absolute Gasteiger partial charge is 0.507 e. The number of hydrazone groups is 1. The summed E-state index contributed by atoms with van der Waals surface area (Å²) in [6.07, 6.45) is 1.37. The van der Waals surface area contributed by atoms with Crippen LogP contribution < -0.4 is 11.2 Å². The molecule has 1 rings (SSSR count).